The summed E-state index contributed by atoms with van der Waals surface area (Å²) >= 11 is 3.05. The van der Waals surface area contributed by atoms with E-state index in [1.165, 1.54) is 12.8 Å². The quantitative estimate of drug-likeness (QED) is 0.300. The van der Waals surface area contributed by atoms with E-state index in [0.717, 1.165) is 12.8 Å². The van der Waals surface area contributed by atoms with Crippen LogP contribution < -0.4 is 0 Å². The van der Waals surface area contributed by atoms with Gasteiger partial charge in [0, 0.05) is 0 Å². The van der Waals surface area contributed by atoms with E-state index in [1.54, 1.807) is 6.08 Å². The fourth-order valence-electron chi connectivity index (χ4n) is 1.02. The lowest BCUT2D eigenvalue weighted by Crippen LogP contribution is -2.16. The van der Waals surface area contributed by atoms with E-state index in [-0.39, 0.29) is 17.4 Å². The molecule has 0 aromatic heterocycles. The molecule has 2 nitrogen and oxygen atoms in total. The number of halogens is 1. The van der Waals surface area contributed by atoms with Gasteiger partial charge in [-0.15, -0.1) is 0 Å². The first-order valence-electron chi connectivity index (χ1n) is 4.62. The van der Waals surface area contributed by atoms with Crippen molar-refractivity contribution >= 4 is 21.9 Å². The van der Waals surface area contributed by atoms with Crippen molar-refractivity contribution in [1.82, 2.24) is 0 Å². The lowest BCUT2D eigenvalue weighted by molar-refractivity contribution is -0.143. The van der Waals surface area contributed by atoms with Crippen LogP contribution in [0.25, 0.3) is 0 Å². The minimum atomic E-state index is -0.221. The number of unbranched alkanes of at least 4 members (excludes halogenated alkanes) is 2. The number of alkyl halides is 1. The first kappa shape index (κ1) is 12.7. The summed E-state index contributed by atoms with van der Waals surface area (Å²) in [4.78, 5) is 10.9. The van der Waals surface area contributed by atoms with Gasteiger partial charge in [-0.25, -0.2) is 0 Å². The minimum Gasteiger partial charge on any atom is -0.458 e. The van der Waals surface area contributed by atoms with Crippen molar-refractivity contribution in [2.24, 2.45) is 0 Å². The second kappa shape index (κ2) is 8.30. The fourth-order valence-corrected chi connectivity index (χ4v) is 1.15. The summed E-state index contributed by atoms with van der Waals surface area (Å²) in [6.07, 6.45) is 5.90. The molecule has 0 saturated heterocycles. The summed E-state index contributed by atoms with van der Waals surface area (Å²) in [5, 5.41) is 0.255. The van der Waals surface area contributed by atoms with E-state index in [2.05, 4.69) is 29.4 Å². The SMILES string of the molecule is C=C[C@H](CCCCC)OC(=O)CBr. The van der Waals surface area contributed by atoms with Crippen molar-refractivity contribution in [3.8, 4) is 0 Å². The highest BCUT2D eigenvalue weighted by atomic mass is 79.9. The molecule has 0 aliphatic rings. The van der Waals surface area contributed by atoms with Gasteiger partial charge in [0.25, 0.3) is 0 Å². The highest BCUT2D eigenvalue weighted by molar-refractivity contribution is 9.09. The number of carbonyl (C=O) groups excluding carboxylic acids is 1. The largest absolute Gasteiger partial charge is 0.458 e. The van der Waals surface area contributed by atoms with E-state index >= 15 is 0 Å². The number of ether oxygens (including phenoxy) is 1. The average molecular weight is 249 g/mol. The van der Waals surface area contributed by atoms with E-state index in [0.29, 0.717) is 0 Å². The molecule has 0 fully saturated rings. The standard InChI is InChI=1S/C10H17BrO2/c1-3-5-6-7-9(4-2)13-10(12)8-11/h4,9H,2-3,5-8H2,1H3/t9-/m1/s1. The third kappa shape index (κ3) is 6.82. The molecule has 0 bridgehead atoms. The van der Waals surface area contributed by atoms with Crippen LogP contribution in [0.4, 0.5) is 0 Å². The lowest BCUT2D eigenvalue weighted by atomic mass is 10.1. The van der Waals surface area contributed by atoms with E-state index in [9.17, 15) is 4.79 Å². The zero-order chi connectivity index (χ0) is 10.1. The molecule has 3 heteroatoms. The molecule has 0 saturated carbocycles. The van der Waals surface area contributed by atoms with E-state index in [1.807, 2.05) is 0 Å². The Kier molecular flexibility index (Phi) is 8.10. The molecule has 1 atom stereocenters. The van der Waals surface area contributed by atoms with Gasteiger partial charge in [0.2, 0.25) is 0 Å². The molecular formula is C10H17BrO2. The summed E-state index contributed by atoms with van der Waals surface area (Å²) in [5.41, 5.74) is 0. The zero-order valence-electron chi connectivity index (χ0n) is 8.09. The number of rotatable bonds is 7. The number of esters is 1. The first-order valence-corrected chi connectivity index (χ1v) is 5.74. The molecule has 0 N–H and O–H groups in total. The van der Waals surface area contributed by atoms with Crippen molar-refractivity contribution in [1.29, 1.82) is 0 Å². The Hall–Kier alpha value is -0.310. The summed E-state index contributed by atoms with van der Waals surface area (Å²) < 4.78 is 5.09. The van der Waals surface area contributed by atoms with E-state index < -0.39 is 0 Å². The topological polar surface area (TPSA) is 26.3 Å². The van der Waals surface area contributed by atoms with E-state index in [4.69, 9.17) is 4.74 Å². The normalized spacial score (nSPS) is 12.2. The van der Waals surface area contributed by atoms with Crippen molar-refractivity contribution in [2.75, 3.05) is 5.33 Å². The van der Waals surface area contributed by atoms with Gasteiger partial charge in [-0.2, -0.15) is 0 Å². The van der Waals surface area contributed by atoms with Crippen LogP contribution in [0.2, 0.25) is 0 Å². The van der Waals surface area contributed by atoms with Crippen LogP contribution in [0, 0.1) is 0 Å². The Bertz CT molecular complexity index is 157. The molecule has 0 rings (SSSR count). The minimum absolute atomic E-state index is 0.114. The molecule has 13 heavy (non-hydrogen) atoms. The Labute approximate surface area is 88.5 Å². The van der Waals surface area contributed by atoms with Crippen LogP contribution in [0.1, 0.15) is 32.6 Å². The average Bonchev–Trinajstić information content (AvgIpc) is 2.16. The molecule has 0 amide bonds. The van der Waals surface area contributed by atoms with Crippen LogP contribution in [-0.4, -0.2) is 17.4 Å². The molecular weight excluding hydrogens is 232 g/mol. The van der Waals surface area contributed by atoms with Gasteiger partial charge in [0.15, 0.2) is 0 Å². The predicted octanol–water partition coefficient (Wildman–Crippen LogP) is 3.06. The smallest absolute Gasteiger partial charge is 0.317 e. The van der Waals surface area contributed by atoms with Crippen molar-refractivity contribution < 1.29 is 9.53 Å². The van der Waals surface area contributed by atoms with Gasteiger partial charge in [0.1, 0.15) is 11.4 Å². The summed E-state index contributed by atoms with van der Waals surface area (Å²) in [7, 11) is 0. The second-order valence-corrected chi connectivity index (χ2v) is 3.45. The van der Waals surface area contributed by atoms with Gasteiger partial charge in [0.05, 0.1) is 0 Å². The van der Waals surface area contributed by atoms with Crippen LogP contribution in [0.15, 0.2) is 12.7 Å². The monoisotopic (exact) mass is 248 g/mol. The van der Waals surface area contributed by atoms with Crippen LogP contribution in [-0.2, 0) is 9.53 Å². The third-order valence-corrected chi connectivity index (χ3v) is 2.20. The molecule has 0 aliphatic heterocycles. The molecule has 76 valence electrons. The van der Waals surface area contributed by atoms with Crippen molar-refractivity contribution in [3.05, 3.63) is 12.7 Å². The van der Waals surface area contributed by atoms with Crippen LogP contribution >= 0.6 is 15.9 Å². The Morgan fingerprint density at radius 2 is 2.31 bits per heavy atom. The first-order chi connectivity index (χ1) is 6.24. The summed E-state index contributed by atoms with van der Waals surface area (Å²) in [6, 6.07) is 0. The van der Waals surface area contributed by atoms with Crippen LogP contribution in [0.5, 0.6) is 0 Å². The Balaban J connectivity index is 3.62. The third-order valence-electron chi connectivity index (χ3n) is 1.75. The molecule has 0 radical (unpaired) electrons. The van der Waals surface area contributed by atoms with Crippen molar-refractivity contribution in [3.63, 3.8) is 0 Å². The Morgan fingerprint density at radius 3 is 2.77 bits per heavy atom. The highest BCUT2D eigenvalue weighted by Crippen LogP contribution is 2.08. The Morgan fingerprint density at radius 1 is 1.62 bits per heavy atom. The van der Waals surface area contributed by atoms with Gasteiger partial charge in [-0.05, 0) is 12.8 Å². The molecule has 0 unspecified atom stereocenters. The lowest BCUT2D eigenvalue weighted by Gasteiger charge is -2.12. The molecule has 0 aliphatic carbocycles. The second-order valence-electron chi connectivity index (χ2n) is 2.89. The maximum Gasteiger partial charge on any atom is 0.317 e. The molecule has 0 heterocycles. The molecule has 0 aromatic rings. The maximum absolute atomic E-state index is 10.9. The number of hydrogen-bond donors (Lipinski definition) is 0. The predicted molar refractivity (Wildman–Crippen MR) is 58.0 cm³/mol. The summed E-state index contributed by atoms with van der Waals surface area (Å²) in [6.45, 7) is 5.78. The fraction of sp³-hybridized carbons (Fsp3) is 0.700. The van der Waals surface area contributed by atoms with Gasteiger partial charge >= 0.3 is 5.97 Å². The maximum atomic E-state index is 10.9. The van der Waals surface area contributed by atoms with Crippen molar-refractivity contribution in [2.45, 2.75) is 38.7 Å². The van der Waals surface area contributed by atoms with Crippen LogP contribution in [0.3, 0.4) is 0 Å². The summed E-state index contributed by atoms with van der Waals surface area (Å²) in [5.74, 6) is -0.221. The van der Waals surface area contributed by atoms with Gasteiger partial charge < -0.3 is 4.74 Å². The van der Waals surface area contributed by atoms with Gasteiger partial charge in [-0.1, -0.05) is 48.4 Å². The highest BCUT2D eigenvalue weighted by Gasteiger charge is 2.08. The number of carbonyl (C=O) groups is 1. The molecule has 0 spiro atoms. The molecule has 0 aromatic carbocycles. The zero-order valence-corrected chi connectivity index (χ0v) is 9.68. The van der Waals surface area contributed by atoms with Gasteiger partial charge in [-0.3, -0.25) is 4.79 Å². The number of hydrogen-bond acceptors (Lipinski definition) is 2.